The van der Waals surface area contributed by atoms with Crippen molar-refractivity contribution in [3.63, 3.8) is 0 Å². The van der Waals surface area contributed by atoms with Gasteiger partial charge in [0.15, 0.2) is 0 Å². The van der Waals surface area contributed by atoms with Crippen molar-refractivity contribution in [2.45, 2.75) is 51.6 Å². The average molecular weight is 499 g/mol. The summed E-state index contributed by atoms with van der Waals surface area (Å²) in [6, 6.07) is 13.1. The van der Waals surface area contributed by atoms with Gasteiger partial charge in [-0.15, -0.1) is 0 Å². The molecule has 1 saturated carbocycles. The van der Waals surface area contributed by atoms with Crippen LogP contribution in [0.4, 0.5) is 0 Å². The summed E-state index contributed by atoms with van der Waals surface area (Å²) in [5.74, 6) is 0.191. The lowest BCUT2D eigenvalue weighted by Gasteiger charge is -2.32. The molecule has 2 aliphatic rings. The van der Waals surface area contributed by atoms with Crippen LogP contribution >= 0.6 is 11.6 Å². The molecule has 0 spiro atoms. The van der Waals surface area contributed by atoms with Crippen LogP contribution in [-0.2, 0) is 20.9 Å². The topological polar surface area (TPSA) is 87.2 Å². The molecule has 0 radical (unpaired) electrons. The highest BCUT2D eigenvalue weighted by atomic mass is 35.5. The highest BCUT2D eigenvalue weighted by Crippen LogP contribution is 2.35. The van der Waals surface area contributed by atoms with Gasteiger partial charge in [0.05, 0.1) is 13.0 Å². The summed E-state index contributed by atoms with van der Waals surface area (Å²) in [7, 11) is 0. The molecule has 2 fully saturated rings. The smallest absolute Gasteiger partial charge is 0.305 e. The normalized spacial score (nSPS) is 16.7. The Morgan fingerprint density at radius 1 is 1.14 bits per heavy atom. The highest BCUT2D eigenvalue weighted by Gasteiger charge is 2.31. The van der Waals surface area contributed by atoms with Gasteiger partial charge in [0.2, 0.25) is 11.8 Å². The Balaban J connectivity index is 1.45. The van der Waals surface area contributed by atoms with Crippen LogP contribution in [0, 0.1) is 12.8 Å². The van der Waals surface area contributed by atoms with Crippen LogP contribution < -0.4 is 4.74 Å². The first-order valence-corrected chi connectivity index (χ1v) is 12.4. The van der Waals surface area contributed by atoms with Gasteiger partial charge in [-0.25, -0.2) is 0 Å². The van der Waals surface area contributed by atoms with Crippen LogP contribution in [0.1, 0.15) is 54.8 Å². The largest absolute Gasteiger partial charge is 0.491 e. The maximum atomic E-state index is 11.8. The van der Waals surface area contributed by atoms with E-state index in [0.29, 0.717) is 23.2 Å². The van der Waals surface area contributed by atoms with Gasteiger partial charge in [-0.1, -0.05) is 35.9 Å². The minimum atomic E-state index is -0.833. The van der Waals surface area contributed by atoms with Crippen molar-refractivity contribution < 1.29 is 24.2 Å². The number of aryl methyl sites for hydroxylation is 1. The Bertz CT molecular complexity index is 1070. The lowest BCUT2D eigenvalue weighted by molar-refractivity contribution is -0.140. The van der Waals surface area contributed by atoms with E-state index in [4.69, 9.17) is 16.3 Å². The molecular weight excluding hydrogens is 468 g/mol. The second-order valence-corrected chi connectivity index (χ2v) is 9.86. The zero-order valence-electron chi connectivity index (χ0n) is 19.9. The van der Waals surface area contributed by atoms with Crippen LogP contribution in [0.5, 0.6) is 5.75 Å². The molecule has 1 N–H and O–H groups in total. The number of carbonyl (C=O) groups excluding carboxylic acids is 2. The molecule has 1 saturated heterocycles. The molecule has 186 valence electrons. The quantitative estimate of drug-likeness (QED) is 0.430. The Hall–Kier alpha value is -2.90. The zero-order valence-corrected chi connectivity index (χ0v) is 20.7. The molecule has 1 atom stereocenters. The third-order valence-corrected chi connectivity index (χ3v) is 6.86. The fourth-order valence-electron chi connectivity index (χ4n) is 4.57. The minimum Gasteiger partial charge on any atom is -0.491 e. The number of ether oxygens (including phenoxy) is 1. The summed E-state index contributed by atoms with van der Waals surface area (Å²) in [4.78, 5) is 38.8. The number of amides is 2. The Morgan fingerprint density at radius 2 is 1.83 bits per heavy atom. The number of likely N-dealkylation sites (tertiary alicyclic amines) is 1. The van der Waals surface area contributed by atoms with Crippen LogP contribution in [0.25, 0.3) is 0 Å². The van der Waals surface area contributed by atoms with Crippen molar-refractivity contribution in [1.82, 2.24) is 9.80 Å². The molecule has 7 nitrogen and oxygen atoms in total. The SMILES string of the molecule is Cc1cc(CN(CC2CC2)C(CC(=O)O)c2ccc(Cl)cc2)ccc1OCCN1C(=O)CCC1=O. The van der Waals surface area contributed by atoms with Crippen molar-refractivity contribution >= 4 is 29.4 Å². The van der Waals surface area contributed by atoms with Crippen molar-refractivity contribution in [2.75, 3.05) is 19.7 Å². The van der Waals surface area contributed by atoms with E-state index in [0.717, 1.165) is 23.2 Å². The summed E-state index contributed by atoms with van der Waals surface area (Å²) in [6.07, 6.45) is 2.92. The summed E-state index contributed by atoms with van der Waals surface area (Å²) in [5.41, 5.74) is 2.97. The van der Waals surface area contributed by atoms with E-state index < -0.39 is 5.97 Å². The minimum absolute atomic E-state index is 0.0163. The first-order valence-electron chi connectivity index (χ1n) is 12.1. The standard InChI is InChI=1S/C27H31ClN2O5/c1-18-14-20(4-9-24(18)35-13-12-30-25(31)10-11-26(30)32)17-29(16-19-2-3-19)23(15-27(33)34)21-5-7-22(28)8-6-21/h4-9,14,19,23H,2-3,10-13,15-17H2,1H3,(H,33,34). The summed E-state index contributed by atoms with van der Waals surface area (Å²) in [6.45, 7) is 3.93. The number of nitrogens with zero attached hydrogens (tertiary/aromatic N) is 2. The molecule has 1 aliphatic carbocycles. The monoisotopic (exact) mass is 498 g/mol. The van der Waals surface area contributed by atoms with E-state index in [2.05, 4.69) is 11.0 Å². The number of hydrogen-bond donors (Lipinski definition) is 1. The van der Waals surface area contributed by atoms with Gasteiger partial charge in [-0.05, 0) is 60.6 Å². The molecule has 1 aliphatic heterocycles. The van der Waals surface area contributed by atoms with Gasteiger partial charge in [0.1, 0.15) is 12.4 Å². The Labute approximate surface area is 210 Å². The molecular formula is C27H31ClN2O5. The van der Waals surface area contributed by atoms with E-state index in [9.17, 15) is 19.5 Å². The molecule has 8 heteroatoms. The number of aliphatic carboxylic acids is 1. The fourth-order valence-corrected chi connectivity index (χ4v) is 4.69. The second-order valence-electron chi connectivity index (χ2n) is 9.43. The molecule has 1 heterocycles. The molecule has 0 aromatic heterocycles. The Kier molecular flexibility index (Phi) is 8.08. The van der Waals surface area contributed by atoms with E-state index >= 15 is 0 Å². The average Bonchev–Trinajstić information content (AvgIpc) is 3.58. The second kappa shape index (κ2) is 11.2. The van der Waals surface area contributed by atoms with Crippen LogP contribution in [0.15, 0.2) is 42.5 Å². The molecule has 1 unspecified atom stereocenters. The predicted molar refractivity (Wildman–Crippen MR) is 132 cm³/mol. The third-order valence-electron chi connectivity index (χ3n) is 6.61. The predicted octanol–water partition coefficient (Wildman–Crippen LogP) is 4.60. The van der Waals surface area contributed by atoms with Gasteiger partial charge in [-0.2, -0.15) is 0 Å². The summed E-state index contributed by atoms with van der Waals surface area (Å²) in [5, 5.41) is 10.3. The Morgan fingerprint density at radius 3 is 2.43 bits per heavy atom. The number of halogens is 1. The molecule has 2 aromatic carbocycles. The van der Waals surface area contributed by atoms with Crippen molar-refractivity contribution in [3.8, 4) is 5.75 Å². The van der Waals surface area contributed by atoms with Gasteiger partial charge >= 0.3 is 5.97 Å². The molecule has 35 heavy (non-hydrogen) atoms. The fraction of sp³-hybridized carbons (Fsp3) is 0.444. The summed E-state index contributed by atoms with van der Waals surface area (Å²) < 4.78 is 5.86. The van der Waals surface area contributed by atoms with Crippen molar-refractivity contribution in [3.05, 3.63) is 64.2 Å². The number of carboxylic acids is 1. The number of hydrogen-bond acceptors (Lipinski definition) is 5. The maximum absolute atomic E-state index is 11.8. The number of benzene rings is 2. The number of imide groups is 1. The lowest BCUT2D eigenvalue weighted by atomic mass is 10.00. The first-order chi connectivity index (χ1) is 16.8. The number of carboxylic acid groups (broad SMARTS) is 1. The van der Waals surface area contributed by atoms with Crippen LogP contribution in [0.3, 0.4) is 0 Å². The van der Waals surface area contributed by atoms with E-state index in [-0.39, 0.29) is 50.3 Å². The van der Waals surface area contributed by atoms with E-state index in [1.54, 1.807) is 12.1 Å². The number of carbonyl (C=O) groups is 3. The first kappa shape index (κ1) is 25.2. The van der Waals surface area contributed by atoms with Crippen molar-refractivity contribution in [1.29, 1.82) is 0 Å². The summed E-state index contributed by atoms with van der Waals surface area (Å²) >= 11 is 6.07. The van der Waals surface area contributed by atoms with Crippen LogP contribution in [0.2, 0.25) is 5.02 Å². The molecule has 4 rings (SSSR count). The third kappa shape index (κ3) is 6.83. The molecule has 0 bridgehead atoms. The van der Waals surface area contributed by atoms with E-state index in [1.165, 1.54) is 17.7 Å². The maximum Gasteiger partial charge on any atom is 0.305 e. The lowest BCUT2D eigenvalue weighted by Crippen LogP contribution is -2.33. The molecule has 2 amide bonds. The zero-order chi connectivity index (χ0) is 24.9. The van der Waals surface area contributed by atoms with Gasteiger partial charge in [0, 0.05) is 37.0 Å². The van der Waals surface area contributed by atoms with Crippen molar-refractivity contribution in [2.24, 2.45) is 5.92 Å². The molecule has 2 aromatic rings. The van der Waals surface area contributed by atoms with E-state index in [1.807, 2.05) is 31.2 Å². The number of rotatable bonds is 12. The highest BCUT2D eigenvalue weighted by molar-refractivity contribution is 6.30. The van der Waals surface area contributed by atoms with Gasteiger partial charge in [-0.3, -0.25) is 24.2 Å². The van der Waals surface area contributed by atoms with Crippen LogP contribution in [-0.4, -0.2) is 52.4 Å². The van der Waals surface area contributed by atoms with Gasteiger partial charge in [0.25, 0.3) is 0 Å². The van der Waals surface area contributed by atoms with Gasteiger partial charge < -0.3 is 9.84 Å².